The molecule has 0 saturated carbocycles. The number of hydrogen-bond acceptors (Lipinski definition) is 3. The fourth-order valence-electron chi connectivity index (χ4n) is 2.14. The van der Waals surface area contributed by atoms with Crippen LogP contribution in [0.4, 0.5) is 5.69 Å². The molecule has 8 heteroatoms. The minimum Gasteiger partial charge on any atom is -0.496 e. The highest BCUT2D eigenvalue weighted by Crippen LogP contribution is 2.34. The zero-order valence-electron chi connectivity index (χ0n) is 13.2. The number of hydrogen-bond donors (Lipinski definition) is 1. The van der Waals surface area contributed by atoms with E-state index in [0.717, 1.165) is 5.56 Å². The molecule has 0 heterocycles. The van der Waals surface area contributed by atoms with Crippen LogP contribution in [0.5, 0.6) is 5.75 Å². The number of methoxy groups -OCH3 is 1. The Morgan fingerprint density at radius 1 is 1.00 bits per heavy atom. The first-order chi connectivity index (χ1) is 11.2. The lowest BCUT2D eigenvalue weighted by molar-refractivity contribution is 0.407. The Kier molecular flexibility index (Phi) is 5.91. The van der Waals surface area contributed by atoms with Crippen molar-refractivity contribution in [3.8, 4) is 5.75 Å². The molecule has 2 aromatic carbocycles. The summed E-state index contributed by atoms with van der Waals surface area (Å²) in [5, 5.41) is 0.609. The van der Waals surface area contributed by atoms with Crippen LogP contribution in [0.1, 0.15) is 25.3 Å². The highest BCUT2D eigenvalue weighted by Gasteiger charge is 2.19. The van der Waals surface area contributed by atoms with Crippen LogP contribution in [0, 0.1) is 0 Å². The minimum absolute atomic E-state index is 0.101. The number of halogens is 3. The average Bonchev–Trinajstić information content (AvgIpc) is 2.51. The molecule has 0 amide bonds. The smallest absolute Gasteiger partial charge is 0.261 e. The van der Waals surface area contributed by atoms with Gasteiger partial charge >= 0.3 is 0 Å². The van der Waals surface area contributed by atoms with Crippen LogP contribution in [0.3, 0.4) is 0 Å². The second-order valence-corrected chi connectivity index (χ2v) is 8.31. The Balaban J connectivity index is 2.45. The fraction of sp³-hybridized carbons (Fsp3) is 0.250. The van der Waals surface area contributed by atoms with E-state index in [-0.39, 0.29) is 31.6 Å². The van der Waals surface area contributed by atoms with Gasteiger partial charge in [-0.3, -0.25) is 4.72 Å². The van der Waals surface area contributed by atoms with Crippen LogP contribution in [0.25, 0.3) is 0 Å². The third-order valence-electron chi connectivity index (χ3n) is 3.39. The first kappa shape index (κ1) is 19.2. The molecule has 0 saturated heterocycles. The van der Waals surface area contributed by atoms with Crippen LogP contribution >= 0.6 is 34.8 Å². The van der Waals surface area contributed by atoms with Gasteiger partial charge in [0.15, 0.2) is 0 Å². The minimum atomic E-state index is -3.84. The van der Waals surface area contributed by atoms with Gasteiger partial charge in [0.1, 0.15) is 5.75 Å². The molecule has 24 heavy (non-hydrogen) atoms. The molecular formula is C16H16Cl3NO3S. The Hall–Kier alpha value is -1.14. The Labute approximate surface area is 156 Å². The fourth-order valence-corrected chi connectivity index (χ4v) is 3.89. The van der Waals surface area contributed by atoms with Gasteiger partial charge in [0, 0.05) is 0 Å². The van der Waals surface area contributed by atoms with Crippen molar-refractivity contribution in [3.63, 3.8) is 0 Å². The summed E-state index contributed by atoms with van der Waals surface area (Å²) in [5.41, 5.74) is 0.952. The van der Waals surface area contributed by atoms with Gasteiger partial charge < -0.3 is 4.74 Å². The van der Waals surface area contributed by atoms with Gasteiger partial charge in [-0.15, -0.1) is 0 Å². The third-order valence-corrected chi connectivity index (χ3v) is 5.79. The largest absolute Gasteiger partial charge is 0.496 e. The lowest BCUT2D eigenvalue weighted by Gasteiger charge is -2.15. The molecule has 0 aliphatic carbocycles. The monoisotopic (exact) mass is 407 g/mol. The summed E-state index contributed by atoms with van der Waals surface area (Å²) < 4.78 is 33.0. The zero-order valence-corrected chi connectivity index (χ0v) is 16.3. The number of anilines is 1. The highest BCUT2D eigenvalue weighted by atomic mass is 35.5. The van der Waals surface area contributed by atoms with Gasteiger partial charge in [0.05, 0.1) is 32.8 Å². The van der Waals surface area contributed by atoms with E-state index in [1.54, 1.807) is 19.2 Å². The number of ether oxygens (including phenoxy) is 1. The van der Waals surface area contributed by atoms with Crippen LogP contribution < -0.4 is 9.46 Å². The van der Waals surface area contributed by atoms with Gasteiger partial charge in [0.2, 0.25) is 0 Å². The summed E-state index contributed by atoms with van der Waals surface area (Å²) in [6.45, 7) is 3.91. The molecule has 0 bridgehead atoms. The molecule has 0 unspecified atom stereocenters. The lowest BCUT2D eigenvalue weighted by Crippen LogP contribution is -2.14. The van der Waals surface area contributed by atoms with Crippen molar-refractivity contribution < 1.29 is 13.2 Å². The molecule has 0 atom stereocenters. The summed E-state index contributed by atoms with van der Waals surface area (Å²) in [5.74, 6) is 0.736. The van der Waals surface area contributed by atoms with Crippen molar-refractivity contribution in [1.82, 2.24) is 0 Å². The topological polar surface area (TPSA) is 55.4 Å². The molecule has 2 rings (SSSR count). The van der Waals surface area contributed by atoms with Crippen molar-refractivity contribution >= 4 is 50.5 Å². The quantitative estimate of drug-likeness (QED) is 0.657. The molecule has 1 N–H and O–H groups in total. The van der Waals surface area contributed by atoms with E-state index in [2.05, 4.69) is 4.72 Å². The first-order valence-corrected chi connectivity index (χ1v) is 9.62. The van der Waals surface area contributed by atoms with E-state index < -0.39 is 10.0 Å². The predicted octanol–water partition coefficient (Wildman–Crippen LogP) is 5.58. The normalized spacial score (nSPS) is 11.6. The number of rotatable bonds is 5. The maximum Gasteiger partial charge on any atom is 0.261 e. The van der Waals surface area contributed by atoms with Gasteiger partial charge in [-0.25, -0.2) is 8.42 Å². The molecule has 0 aliphatic rings. The molecule has 0 aromatic heterocycles. The van der Waals surface area contributed by atoms with Gasteiger partial charge in [-0.1, -0.05) is 48.7 Å². The summed E-state index contributed by atoms with van der Waals surface area (Å²) in [6.07, 6.45) is 0. The van der Waals surface area contributed by atoms with Gasteiger partial charge in [-0.05, 0) is 41.8 Å². The second-order valence-electron chi connectivity index (χ2n) is 5.41. The van der Waals surface area contributed by atoms with Crippen LogP contribution in [-0.2, 0) is 10.0 Å². The molecular weight excluding hydrogens is 393 g/mol. The van der Waals surface area contributed by atoms with E-state index in [1.165, 1.54) is 18.2 Å². The summed E-state index contributed by atoms with van der Waals surface area (Å²) in [7, 11) is -2.29. The highest BCUT2D eigenvalue weighted by molar-refractivity contribution is 7.92. The Morgan fingerprint density at radius 2 is 1.62 bits per heavy atom. The van der Waals surface area contributed by atoms with Crippen molar-refractivity contribution in [2.24, 2.45) is 0 Å². The molecule has 0 aliphatic heterocycles. The van der Waals surface area contributed by atoms with E-state index in [1.807, 2.05) is 13.8 Å². The van der Waals surface area contributed by atoms with Crippen molar-refractivity contribution in [2.75, 3.05) is 11.8 Å². The van der Waals surface area contributed by atoms with Crippen LogP contribution in [0.15, 0.2) is 35.2 Å². The van der Waals surface area contributed by atoms with Gasteiger partial charge in [-0.2, -0.15) is 0 Å². The summed E-state index contributed by atoms with van der Waals surface area (Å²) >= 11 is 17.8. The van der Waals surface area contributed by atoms with Crippen LogP contribution in [-0.4, -0.2) is 15.5 Å². The molecule has 130 valence electrons. The van der Waals surface area contributed by atoms with Crippen molar-refractivity contribution in [1.29, 1.82) is 0 Å². The van der Waals surface area contributed by atoms with E-state index in [4.69, 9.17) is 39.5 Å². The van der Waals surface area contributed by atoms with Gasteiger partial charge in [0.25, 0.3) is 10.0 Å². The lowest BCUT2D eigenvalue weighted by atomic mass is 10.0. The number of benzene rings is 2. The molecule has 0 fully saturated rings. The molecule has 0 radical (unpaired) electrons. The van der Waals surface area contributed by atoms with E-state index >= 15 is 0 Å². The Morgan fingerprint density at radius 3 is 2.21 bits per heavy atom. The van der Waals surface area contributed by atoms with E-state index in [9.17, 15) is 8.42 Å². The van der Waals surface area contributed by atoms with Crippen molar-refractivity contribution in [3.05, 3.63) is 51.0 Å². The second kappa shape index (κ2) is 7.40. The van der Waals surface area contributed by atoms with E-state index in [0.29, 0.717) is 5.75 Å². The Bertz CT molecular complexity index is 867. The number of nitrogens with one attached hydrogen (secondary N) is 1. The summed E-state index contributed by atoms with van der Waals surface area (Å²) in [6, 6.07) is 7.43. The molecule has 0 spiro atoms. The zero-order chi connectivity index (χ0) is 18.1. The maximum atomic E-state index is 12.6. The molecule has 4 nitrogen and oxygen atoms in total. The molecule has 2 aromatic rings. The van der Waals surface area contributed by atoms with Crippen molar-refractivity contribution in [2.45, 2.75) is 24.7 Å². The number of sulfonamides is 1. The average molecular weight is 409 g/mol. The van der Waals surface area contributed by atoms with Crippen LogP contribution in [0.2, 0.25) is 15.1 Å². The first-order valence-electron chi connectivity index (χ1n) is 7.01. The SMILES string of the molecule is COc1ccc(S(=O)(=O)Nc2cc(Cl)c(Cl)cc2Cl)cc1C(C)C. The summed E-state index contributed by atoms with van der Waals surface area (Å²) in [4.78, 5) is 0.106. The maximum absolute atomic E-state index is 12.6. The standard InChI is InChI=1S/C16H16Cl3NO3S/c1-9(2)11-6-10(4-5-16(11)23-3)24(21,22)20-15-8-13(18)12(17)7-14(15)19/h4-9,20H,1-3H3. The predicted molar refractivity (Wildman–Crippen MR) is 99.4 cm³/mol. The third kappa shape index (κ3) is 4.09.